The number of nitro groups is 1. The van der Waals surface area contributed by atoms with Crippen LogP contribution < -0.4 is 5.73 Å². The molecule has 0 aliphatic carbocycles. The number of nitro benzene ring substituents is 1. The molecule has 7 nitrogen and oxygen atoms in total. The summed E-state index contributed by atoms with van der Waals surface area (Å²) < 4.78 is 0. The van der Waals surface area contributed by atoms with Gasteiger partial charge in [0.1, 0.15) is 0 Å². The molecule has 2 aromatic rings. The van der Waals surface area contributed by atoms with Gasteiger partial charge in [0, 0.05) is 30.3 Å². The second-order valence-electron chi connectivity index (χ2n) is 6.66. The molecule has 1 aliphatic rings. The highest BCUT2D eigenvalue weighted by Gasteiger charge is 2.29. The Bertz CT molecular complexity index is 938. The van der Waals surface area contributed by atoms with Gasteiger partial charge in [-0.15, -0.1) is 24.2 Å². The van der Waals surface area contributed by atoms with Gasteiger partial charge in [-0.05, 0) is 43.3 Å². The monoisotopic (exact) mass is 435 g/mol. The third kappa shape index (κ3) is 4.77. The van der Waals surface area contributed by atoms with E-state index in [1.807, 2.05) is 0 Å². The molecule has 1 saturated heterocycles. The number of ketones is 1. The van der Waals surface area contributed by atoms with Gasteiger partial charge in [-0.1, -0.05) is 18.2 Å². The molecule has 2 N–H and O–H groups in total. The quantitative estimate of drug-likeness (QED) is 0.322. The first-order chi connectivity index (χ1) is 13.5. The van der Waals surface area contributed by atoms with Crippen molar-refractivity contribution in [2.75, 3.05) is 25.9 Å². The number of halogens is 1. The Kier molecular flexibility index (Phi) is 7.78. The van der Waals surface area contributed by atoms with E-state index >= 15 is 0 Å². The molecule has 1 heterocycles. The Morgan fingerprint density at radius 2 is 1.93 bits per heavy atom. The summed E-state index contributed by atoms with van der Waals surface area (Å²) >= 11 is 1.24. The van der Waals surface area contributed by atoms with E-state index in [1.54, 1.807) is 47.6 Å². The summed E-state index contributed by atoms with van der Waals surface area (Å²) in [6.45, 7) is 1.71. The number of carbonyl (C=O) groups excluding carboxylic acids is 2. The van der Waals surface area contributed by atoms with Gasteiger partial charge >= 0.3 is 0 Å². The minimum atomic E-state index is -0.503. The summed E-state index contributed by atoms with van der Waals surface area (Å²) in [7, 11) is 0. The molecule has 3 rings (SSSR count). The van der Waals surface area contributed by atoms with E-state index in [-0.39, 0.29) is 41.0 Å². The van der Waals surface area contributed by atoms with Gasteiger partial charge in [0.25, 0.3) is 11.6 Å². The zero-order valence-electron chi connectivity index (χ0n) is 15.9. The molecule has 0 aromatic heterocycles. The molecular weight excluding hydrogens is 414 g/mol. The fourth-order valence-electron chi connectivity index (χ4n) is 3.38. The second-order valence-corrected chi connectivity index (χ2v) is 7.51. The molecule has 29 heavy (non-hydrogen) atoms. The maximum Gasteiger partial charge on any atom is 0.283 e. The summed E-state index contributed by atoms with van der Waals surface area (Å²) in [5.41, 5.74) is 6.32. The van der Waals surface area contributed by atoms with Crippen LogP contribution >= 0.6 is 24.2 Å². The average molecular weight is 436 g/mol. The van der Waals surface area contributed by atoms with Crippen molar-refractivity contribution in [1.82, 2.24) is 4.90 Å². The molecule has 0 bridgehead atoms. The number of benzene rings is 2. The van der Waals surface area contributed by atoms with Crippen molar-refractivity contribution in [1.29, 1.82) is 0 Å². The van der Waals surface area contributed by atoms with E-state index in [0.717, 1.165) is 6.42 Å². The fourth-order valence-corrected chi connectivity index (χ4v) is 3.92. The number of hydrogen-bond donors (Lipinski definition) is 1. The van der Waals surface area contributed by atoms with Gasteiger partial charge < -0.3 is 10.6 Å². The largest absolute Gasteiger partial charge is 0.338 e. The summed E-state index contributed by atoms with van der Waals surface area (Å²) in [4.78, 5) is 39.0. The SMILES string of the molecule is CSc1ccc(C(=O)c2ccccc2C(=O)N2CCC(CN)C2)cc1[N+](=O)[O-].Cl. The number of likely N-dealkylation sites (tertiary alicyclic amines) is 1. The first-order valence-corrected chi connectivity index (χ1v) is 10.1. The number of carbonyl (C=O) groups is 2. The first-order valence-electron chi connectivity index (χ1n) is 8.91. The number of hydrogen-bond acceptors (Lipinski definition) is 6. The smallest absolute Gasteiger partial charge is 0.283 e. The van der Waals surface area contributed by atoms with Crippen LogP contribution in [-0.2, 0) is 0 Å². The van der Waals surface area contributed by atoms with Crippen molar-refractivity contribution in [3.63, 3.8) is 0 Å². The first kappa shape index (κ1) is 22.9. The Hall–Kier alpha value is -2.42. The second kappa shape index (κ2) is 9.87. The number of nitrogens with zero attached hydrogens (tertiary/aromatic N) is 2. The summed E-state index contributed by atoms with van der Waals surface area (Å²) in [6, 6.07) is 11.0. The minimum absolute atomic E-state index is 0. The lowest BCUT2D eigenvalue weighted by Gasteiger charge is -2.18. The van der Waals surface area contributed by atoms with E-state index in [9.17, 15) is 19.7 Å². The molecule has 1 aliphatic heterocycles. The van der Waals surface area contributed by atoms with Crippen molar-refractivity contribution in [2.45, 2.75) is 11.3 Å². The van der Waals surface area contributed by atoms with Gasteiger partial charge in [0.15, 0.2) is 5.78 Å². The van der Waals surface area contributed by atoms with Crippen molar-refractivity contribution < 1.29 is 14.5 Å². The minimum Gasteiger partial charge on any atom is -0.338 e. The third-order valence-corrected chi connectivity index (χ3v) is 5.73. The maximum atomic E-state index is 13.1. The number of thioether (sulfide) groups is 1. The highest BCUT2D eigenvalue weighted by Crippen LogP contribution is 2.30. The highest BCUT2D eigenvalue weighted by molar-refractivity contribution is 7.98. The molecule has 154 valence electrons. The standard InChI is InChI=1S/C20H21N3O4S.ClH/c1-28-18-7-6-14(10-17(18)23(26)27)19(24)15-4-2-3-5-16(15)20(25)22-9-8-13(11-21)12-22;/h2-7,10,13H,8-9,11-12,21H2,1H3;1H. The summed E-state index contributed by atoms with van der Waals surface area (Å²) in [5.74, 6) is -0.349. The lowest BCUT2D eigenvalue weighted by Crippen LogP contribution is -2.31. The maximum absolute atomic E-state index is 13.1. The molecule has 0 spiro atoms. The average Bonchev–Trinajstić information content (AvgIpc) is 3.21. The van der Waals surface area contributed by atoms with Crippen molar-refractivity contribution in [3.8, 4) is 0 Å². The highest BCUT2D eigenvalue weighted by atomic mass is 35.5. The lowest BCUT2D eigenvalue weighted by atomic mass is 9.97. The lowest BCUT2D eigenvalue weighted by molar-refractivity contribution is -0.387. The molecule has 0 radical (unpaired) electrons. The molecule has 9 heteroatoms. The Morgan fingerprint density at radius 1 is 1.24 bits per heavy atom. The normalized spacial score (nSPS) is 15.7. The van der Waals surface area contributed by atoms with Crippen LogP contribution in [0.5, 0.6) is 0 Å². The van der Waals surface area contributed by atoms with E-state index < -0.39 is 10.7 Å². The van der Waals surface area contributed by atoms with Crippen LogP contribution in [0.1, 0.15) is 32.7 Å². The number of amides is 1. The van der Waals surface area contributed by atoms with Gasteiger partial charge in [-0.25, -0.2) is 0 Å². The van der Waals surface area contributed by atoms with E-state index in [1.165, 1.54) is 17.8 Å². The van der Waals surface area contributed by atoms with E-state index in [0.29, 0.717) is 30.1 Å². The van der Waals surface area contributed by atoms with Crippen molar-refractivity contribution in [2.24, 2.45) is 11.7 Å². The number of nitrogens with two attached hydrogens (primary N) is 1. The van der Waals surface area contributed by atoms with Crippen LogP contribution in [0.15, 0.2) is 47.4 Å². The van der Waals surface area contributed by atoms with Gasteiger partial charge in [-0.3, -0.25) is 19.7 Å². The predicted molar refractivity (Wildman–Crippen MR) is 115 cm³/mol. The Morgan fingerprint density at radius 3 is 2.52 bits per heavy atom. The number of rotatable bonds is 6. The van der Waals surface area contributed by atoms with Crippen LogP contribution in [0, 0.1) is 16.0 Å². The summed E-state index contributed by atoms with van der Waals surface area (Å²) in [5, 5.41) is 11.3. The molecular formula is C20H22ClN3O4S. The zero-order valence-corrected chi connectivity index (χ0v) is 17.5. The predicted octanol–water partition coefficient (Wildman–Crippen LogP) is 3.39. The van der Waals surface area contributed by atoms with Gasteiger partial charge in [0.2, 0.25) is 0 Å². The van der Waals surface area contributed by atoms with Crippen LogP contribution in [0.25, 0.3) is 0 Å². The van der Waals surface area contributed by atoms with Crippen LogP contribution in [0.3, 0.4) is 0 Å². The topological polar surface area (TPSA) is 107 Å². The molecule has 1 fully saturated rings. The Balaban J connectivity index is 0.00000300. The van der Waals surface area contributed by atoms with Crippen molar-refractivity contribution >= 4 is 41.5 Å². The van der Waals surface area contributed by atoms with Gasteiger partial charge in [-0.2, -0.15) is 0 Å². The molecule has 1 amide bonds. The van der Waals surface area contributed by atoms with Crippen LogP contribution in [0.2, 0.25) is 0 Å². The Labute approximate surface area is 179 Å². The van der Waals surface area contributed by atoms with Crippen LogP contribution in [0.4, 0.5) is 5.69 Å². The van der Waals surface area contributed by atoms with Crippen molar-refractivity contribution in [3.05, 3.63) is 69.3 Å². The van der Waals surface area contributed by atoms with Gasteiger partial charge in [0.05, 0.1) is 15.4 Å². The van der Waals surface area contributed by atoms with E-state index in [4.69, 9.17) is 5.73 Å². The molecule has 0 saturated carbocycles. The fraction of sp³-hybridized carbons (Fsp3) is 0.300. The molecule has 2 aromatic carbocycles. The zero-order chi connectivity index (χ0) is 20.3. The van der Waals surface area contributed by atoms with Crippen LogP contribution in [-0.4, -0.2) is 47.4 Å². The summed E-state index contributed by atoms with van der Waals surface area (Å²) in [6.07, 6.45) is 2.59. The van der Waals surface area contributed by atoms with E-state index in [2.05, 4.69) is 0 Å². The third-order valence-electron chi connectivity index (χ3n) is 4.95. The molecule has 1 unspecified atom stereocenters. The molecule has 1 atom stereocenters.